The minimum absolute atomic E-state index is 0.0488. The summed E-state index contributed by atoms with van der Waals surface area (Å²) < 4.78 is 23.3. The predicted molar refractivity (Wildman–Crippen MR) is 115 cm³/mol. The van der Waals surface area contributed by atoms with Crippen LogP contribution in [-0.2, 0) is 33.3 Å². The number of carbonyl (C=O) groups is 3. The fourth-order valence-electron chi connectivity index (χ4n) is 7.89. The van der Waals surface area contributed by atoms with Gasteiger partial charge < -0.3 is 18.9 Å². The lowest BCUT2D eigenvalue weighted by Crippen LogP contribution is -2.48. The van der Waals surface area contributed by atoms with Crippen molar-refractivity contribution in [2.75, 3.05) is 32.8 Å². The number of morpholine rings is 1. The number of ether oxygens (including phenoxy) is 4. The normalized spacial score (nSPS) is 39.7. The molecule has 4 aliphatic carbocycles. The number of esters is 3. The standard InChI is InChI=1S/C25H35NO7/c27-18(14-26-9-11-30-12-10-26)31-21-17-13-16-19(23(28)32-22(16)21)20(17)24(29)33-25(7-3-4-8-25)15-5-1-2-6-15/h15-17,19-22H,1-14H2. The van der Waals surface area contributed by atoms with Gasteiger partial charge in [0.15, 0.2) is 0 Å². The van der Waals surface area contributed by atoms with Gasteiger partial charge in [-0.05, 0) is 50.9 Å². The van der Waals surface area contributed by atoms with Gasteiger partial charge in [-0.3, -0.25) is 19.3 Å². The molecule has 2 aliphatic heterocycles. The summed E-state index contributed by atoms with van der Waals surface area (Å²) in [5.74, 6) is -1.69. The third-order valence-corrected chi connectivity index (χ3v) is 9.39. The Balaban J connectivity index is 1.17. The molecule has 6 atom stereocenters. The van der Waals surface area contributed by atoms with E-state index in [2.05, 4.69) is 0 Å². The Morgan fingerprint density at radius 2 is 1.76 bits per heavy atom. The average molecular weight is 462 g/mol. The molecule has 8 heteroatoms. The molecule has 33 heavy (non-hydrogen) atoms. The van der Waals surface area contributed by atoms with Crippen molar-refractivity contribution in [3.05, 3.63) is 0 Å². The topological polar surface area (TPSA) is 91.4 Å². The van der Waals surface area contributed by atoms with Crippen molar-refractivity contribution in [3.8, 4) is 0 Å². The first-order chi connectivity index (χ1) is 16.1. The smallest absolute Gasteiger partial charge is 0.320 e. The van der Waals surface area contributed by atoms with Gasteiger partial charge in [-0.1, -0.05) is 12.8 Å². The first-order valence-corrected chi connectivity index (χ1v) is 13.0. The molecule has 0 aromatic rings. The number of fused-ring (bicyclic) bond motifs is 1. The number of rotatable bonds is 6. The van der Waals surface area contributed by atoms with Gasteiger partial charge in [-0.15, -0.1) is 0 Å². The number of hydrogen-bond acceptors (Lipinski definition) is 8. The van der Waals surface area contributed by atoms with E-state index in [1.165, 1.54) is 12.8 Å². The first kappa shape index (κ1) is 21.8. The highest BCUT2D eigenvalue weighted by molar-refractivity contribution is 5.86. The molecule has 0 aromatic carbocycles. The zero-order valence-electron chi connectivity index (χ0n) is 19.2. The third kappa shape index (κ3) is 3.68. The lowest BCUT2D eigenvalue weighted by Gasteiger charge is -2.38. The molecule has 182 valence electrons. The van der Waals surface area contributed by atoms with E-state index in [4.69, 9.17) is 18.9 Å². The maximum atomic E-state index is 13.6. The van der Waals surface area contributed by atoms with E-state index in [9.17, 15) is 14.4 Å². The second kappa shape index (κ2) is 8.52. The monoisotopic (exact) mass is 461 g/mol. The van der Waals surface area contributed by atoms with Crippen LogP contribution < -0.4 is 0 Å². The van der Waals surface area contributed by atoms with E-state index in [0.29, 0.717) is 38.6 Å². The van der Waals surface area contributed by atoms with Crippen molar-refractivity contribution < 1.29 is 33.3 Å². The summed E-state index contributed by atoms with van der Waals surface area (Å²) in [5.41, 5.74) is -0.361. The second-order valence-corrected chi connectivity index (χ2v) is 11.0. The van der Waals surface area contributed by atoms with Gasteiger partial charge in [0.25, 0.3) is 0 Å². The van der Waals surface area contributed by atoms with Gasteiger partial charge in [-0.2, -0.15) is 0 Å². The largest absolute Gasteiger partial charge is 0.459 e. The Morgan fingerprint density at radius 3 is 2.48 bits per heavy atom. The minimum Gasteiger partial charge on any atom is -0.459 e. The second-order valence-electron chi connectivity index (χ2n) is 11.0. The van der Waals surface area contributed by atoms with Gasteiger partial charge in [0.2, 0.25) is 0 Å². The Bertz CT molecular complexity index is 797. The molecule has 2 saturated heterocycles. The van der Waals surface area contributed by atoms with E-state index < -0.39 is 24.0 Å². The lowest BCUT2D eigenvalue weighted by molar-refractivity contribution is -0.180. The zero-order valence-corrected chi connectivity index (χ0v) is 19.2. The van der Waals surface area contributed by atoms with E-state index >= 15 is 0 Å². The summed E-state index contributed by atoms with van der Waals surface area (Å²) in [6.07, 6.45) is 8.43. The maximum absolute atomic E-state index is 13.6. The van der Waals surface area contributed by atoms with Gasteiger partial charge in [0.1, 0.15) is 17.8 Å². The summed E-state index contributed by atoms with van der Waals surface area (Å²) in [7, 11) is 0. The molecule has 6 unspecified atom stereocenters. The van der Waals surface area contributed by atoms with Gasteiger partial charge in [0, 0.05) is 24.9 Å². The molecule has 6 rings (SSSR count). The fraction of sp³-hybridized carbons (Fsp3) is 0.880. The SMILES string of the molecule is O=C(CN1CCOCC1)OC1C2CC3C1OC(=O)C3C2C(=O)OC1(C2CCCC2)CCCC1. The van der Waals surface area contributed by atoms with Crippen molar-refractivity contribution in [1.29, 1.82) is 0 Å². The number of hydrogen-bond donors (Lipinski definition) is 0. The maximum Gasteiger partial charge on any atom is 0.320 e. The molecule has 0 spiro atoms. The van der Waals surface area contributed by atoms with Crippen molar-refractivity contribution >= 4 is 17.9 Å². The lowest BCUT2D eigenvalue weighted by atomic mass is 9.78. The summed E-state index contributed by atoms with van der Waals surface area (Å²) in [6.45, 7) is 2.82. The van der Waals surface area contributed by atoms with Crippen LogP contribution in [0.4, 0.5) is 0 Å². The molecule has 0 N–H and O–H groups in total. The van der Waals surface area contributed by atoms with Crippen molar-refractivity contribution in [3.63, 3.8) is 0 Å². The molecule has 2 bridgehead atoms. The molecule has 0 amide bonds. The highest BCUT2D eigenvalue weighted by Crippen LogP contribution is 2.59. The number of nitrogens with zero attached hydrogens (tertiary/aromatic N) is 1. The summed E-state index contributed by atoms with van der Waals surface area (Å²) in [5, 5.41) is 0. The van der Waals surface area contributed by atoms with Crippen LogP contribution in [0.2, 0.25) is 0 Å². The van der Waals surface area contributed by atoms with Gasteiger partial charge in [-0.25, -0.2) is 0 Å². The molecule has 4 saturated carbocycles. The van der Waals surface area contributed by atoms with E-state index in [-0.39, 0.29) is 41.9 Å². The molecule has 0 aromatic heterocycles. The highest BCUT2D eigenvalue weighted by Gasteiger charge is 2.70. The third-order valence-electron chi connectivity index (χ3n) is 9.39. The van der Waals surface area contributed by atoms with Gasteiger partial charge >= 0.3 is 17.9 Å². The Hall–Kier alpha value is -1.67. The molecule has 6 fully saturated rings. The summed E-state index contributed by atoms with van der Waals surface area (Å²) in [6, 6.07) is 0. The van der Waals surface area contributed by atoms with Crippen molar-refractivity contribution in [1.82, 2.24) is 4.90 Å². The Kier molecular flexibility index (Phi) is 5.64. The highest BCUT2D eigenvalue weighted by atomic mass is 16.6. The van der Waals surface area contributed by atoms with Crippen LogP contribution in [0.5, 0.6) is 0 Å². The molecule has 6 aliphatic rings. The van der Waals surface area contributed by atoms with Crippen LogP contribution in [0.1, 0.15) is 57.8 Å². The molecular weight excluding hydrogens is 426 g/mol. The van der Waals surface area contributed by atoms with Crippen molar-refractivity contribution in [2.45, 2.75) is 75.6 Å². The fourth-order valence-corrected chi connectivity index (χ4v) is 7.89. The van der Waals surface area contributed by atoms with Crippen LogP contribution in [-0.4, -0.2) is 73.5 Å². The van der Waals surface area contributed by atoms with Crippen LogP contribution in [0.25, 0.3) is 0 Å². The summed E-state index contributed by atoms with van der Waals surface area (Å²) >= 11 is 0. The average Bonchev–Trinajstić information content (AvgIpc) is 3.60. The van der Waals surface area contributed by atoms with E-state index in [1.54, 1.807) is 0 Å². The minimum atomic E-state index is -0.554. The quantitative estimate of drug-likeness (QED) is 0.439. The Morgan fingerprint density at radius 1 is 1.03 bits per heavy atom. The van der Waals surface area contributed by atoms with Crippen LogP contribution in [0.3, 0.4) is 0 Å². The number of carbonyl (C=O) groups excluding carboxylic acids is 3. The van der Waals surface area contributed by atoms with Crippen molar-refractivity contribution in [2.24, 2.45) is 29.6 Å². The van der Waals surface area contributed by atoms with E-state index in [0.717, 1.165) is 38.5 Å². The zero-order chi connectivity index (χ0) is 22.6. The van der Waals surface area contributed by atoms with Crippen LogP contribution >= 0.6 is 0 Å². The Labute approximate surface area is 194 Å². The van der Waals surface area contributed by atoms with E-state index in [1.807, 2.05) is 4.90 Å². The van der Waals surface area contributed by atoms with Gasteiger partial charge in [0.05, 0.1) is 31.6 Å². The summed E-state index contributed by atoms with van der Waals surface area (Å²) in [4.78, 5) is 41.1. The molecule has 0 radical (unpaired) electrons. The molecule has 2 heterocycles. The molecular formula is C25H35NO7. The van der Waals surface area contributed by atoms with Crippen LogP contribution in [0, 0.1) is 29.6 Å². The van der Waals surface area contributed by atoms with Crippen LogP contribution in [0.15, 0.2) is 0 Å². The predicted octanol–water partition coefficient (Wildman–Crippen LogP) is 2.08. The first-order valence-electron chi connectivity index (χ1n) is 13.0. The molecule has 8 nitrogen and oxygen atoms in total.